The molecule has 0 radical (unpaired) electrons. The van der Waals surface area contributed by atoms with E-state index >= 15 is 0 Å². The van der Waals surface area contributed by atoms with Gasteiger partial charge in [0.05, 0.1) is 0 Å². The maximum atomic E-state index is 11.3. The summed E-state index contributed by atoms with van der Waals surface area (Å²) in [5.74, 6) is 0.445. The van der Waals surface area contributed by atoms with Crippen LogP contribution < -0.4 is 10.6 Å². The van der Waals surface area contributed by atoms with Gasteiger partial charge in [-0.1, -0.05) is 10.8 Å². The van der Waals surface area contributed by atoms with E-state index in [0.717, 1.165) is 0 Å². The van der Waals surface area contributed by atoms with Gasteiger partial charge in [-0.15, -0.1) is 11.7 Å². The van der Waals surface area contributed by atoms with Gasteiger partial charge in [0.15, 0.2) is 0 Å². The molecule has 1 saturated heterocycles. The van der Waals surface area contributed by atoms with Gasteiger partial charge in [-0.05, 0) is 0 Å². The number of piperazine rings is 1. The van der Waals surface area contributed by atoms with Crippen LogP contribution in [-0.4, -0.2) is 35.4 Å². The molecule has 0 bridgehead atoms. The Morgan fingerprint density at radius 2 is 1.77 bits per heavy atom. The van der Waals surface area contributed by atoms with Crippen molar-refractivity contribution in [1.82, 2.24) is 10.6 Å². The van der Waals surface area contributed by atoms with E-state index in [4.69, 9.17) is 0 Å². The third kappa shape index (κ3) is 2.72. The molecule has 0 spiro atoms. The van der Waals surface area contributed by atoms with Crippen molar-refractivity contribution in [3.05, 3.63) is 0 Å². The number of hydrogen-bond donors (Lipinski definition) is 4. The molecule has 1 rings (SSSR count). The van der Waals surface area contributed by atoms with Gasteiger partial charge in [-0.2, -0.15) is 12.6 Å². The van der Waals surface area contributed by atoms with Crippen LogP contribution in [0.5, 0.6) is 0 Å². The van der Waals surface area contributed by atoms with Gasteiger partial charge < -0.3 is 10.6 Å². The summed E-state index contributed by atoms with van der Waals surface area (Å²) >= 11 is 7.87. The Morgan fingerprint density at radius 3 is 2.31 bits per heavy atom. The molecule has 4 nitrogen and oxygen atoms in total. The minimum Gasteiger partial charge on any atom is -0.342 e. The zero-order valence-corrected chi connectivity index (χ0v) is 9.29. The number of hydrogen-bond acceptors (Lipinski definition) is 5. The van der Waals surface area contributed by atoms with Crippen molar-refractivity contribution in [1.29, 1.82) is 0 Å². The summed E-state index contributed by atoms with van der Waals surface area (Å²) in [6, 6.07) is -0.969. The van der Waals surface area contributed by atoms with Crippen LogP contribution in [0.3, 0.4) is 0 Å². The Hall–Kier alpha value is -0.0100. The van der Waals surface area contributed by atoms with E-state index in [1.807, 2.05) is 0 Å². The van der Waals surface area contributed by atoms with Crippen molar-refractivity contribution < 1.29 is 9.59 Å². The summed E-state index contributed by atoms with van der Waals surface area (Å²) in [6.45, 7) is 0. The van der Waals surface area contributed by atoms with E-state index in [1.54, 1.807) is 0 Å². The van der Waals surface area contributed by atoms with Crippen LogP contribution >= 0.6 is 35.1 Å². The second kappa shape index (κ2) is 5.02. The first-order chi connectivity index (χ1) is 6.19. The van der Waals surface area contributed by atoms with Crippen LogP contribution in [-0.2, 0) is 9.59 Å². The number of thiol groups is 2. The molecule has 2 amide bonds. The summed E-state index contributed by atoms with van der Waals surface area (Å²) < 4.78 is 0. The summed E-state index contributed by atoms with van der Waals surface area (Å²) in [4.78, 5) is 22.5. The fourth-order valence-corrected chi connectivity index (χ4v) is 2.08. The minimum absolute atomic E-state index is 0.166. The fraction of sp³-hybridized carbons (Fsp3) is 0.667. The summed E-state index contributed by atoms with van der Waals surface area (Å²) in [7, 11) is 1.22. The Balaban J connectivity index is 2.56. The summed E-state index contributed by atoms with van der Waals surface area (Å²) in [5.41, 5.74) is 0. The van der Waals surface area contributed by atoms with Gasteiger partial charge in [-0.3, -0.25) is 9.59 Å². The number of rotatable bonds is 3. The van der Waals surface area contributed by atoms with Gasteiger partial charge in [-0.25, -0.2) is 0 Å². The molecule has 7 heteroatoms. The van der Waals surface area contributed by atoms with Gasteiger partial charge in [0.25, 0.3) is 0 Å². The second-order valence-electron chi connectivity index (χ2n) is 2.60. The van der Waals surface area contributed by atoms with Crippen molar-refractivity contribution in [2.24, 2.45) is 0 Å². The molecule has 1 heterocycles. The van der Waals surface area contributed by atoms with Gasteiger partial charge in [0, 0.05) is 11.5 Å². The average molecular weight is 238 g/mol. The zero-order valence-electron chi connectivity index (χ0n) is 6.69. The quantitative estimate of drug-likeness (QED) is 0.395. The Morgan fingerprint density at radius 1 is 1.23 bits per heavy atom. The summed E-state index contributed by atoms with van der Waals surface area (Å²) in [6.07, 6.45) is 0. The predicted octanol–water partition coefficient (Wildman–Crippen LogP) is -0.523. The lowest BCUT2D eigenvalue weighted by Gasteiger charge is -2.28. The van der Waals surface area contributed by atoms with Gasteiger partial charge in [0.1, 0.15) is 12.1 Å². The normalized spacial score (nSPS) is 28.2. The van der Waals surface area contributed by atoms with Crippen LogP contribution in [0.25, 0.3) is 0 Å². The van der Waals surface area contributed by atoms with Crippen molar-refractivity contribution in [3.8, 4) is 0 Å². The topological polar surface area (TPSA) is 58.2 Å². The molecule has 0 aromatic heterocycles. The summed E-state index contributed by atoms with van der Waals surface area (Å²) in [5, 5.41) is 5.17. The van der Waals surface area contributed by atoms with E-state index in [2.05, 4.69) is 34.9 Å². The number of carbonyl (C=O) groups excluding carboxylic acids is 2. The van der Waals surface area contributed by atoms with Crippen molar-refractivity contribution in [2.45, 2.75) is 12.1 Å². The molecule has 0 saturated carbocycles. The smallest absolute Gasteiger partial charge is 0.244 e. The molecule has 0 aromatic rings. The van der Waals surface area contributed by atoms with Crippen molar-refractivity contribution >= 4 is 46.9 Å². The van der Waals surface area contributed by atoms with Crippen LogP contribution in [0.4, 0.5) is 0 Å². The molecular weight excluding hydrogens is 228 g/mol. The maximum absolute atomic E-state index is 11.3. The van der Waals surface area contributed by atoms with E-state index in [-0.39, 0.29) is 11.8 Å². The predicted molar refractivity (Wildman–Crippen MR) is 59.2 cm³/mol. The zero-order chi connectivity index (χ0) is 9.84. The molecule has 1 fully saturated rings. The van der Waals surface area contributed by atoms with Gasteiger partial charge >= 0.3 is 0 Å². The average Bonchev–Trinajstić information content (AvgIpc) is 2.11. The monoisotopic (exact) mass is 238 g/mol. The molecule has 2 atom stereocenters. The van der Waals surface area contributed by atoms with Gasteiger partial charge in [0.2, 0.25) is 11.8 Å². The SMILES string of the molecule is O=C1NC(CSS)C(=O)NC1CS. The third-order valence-electron chi connectivity index (χ3n) is 1.69. The fourth-order valence-electron chi connectivity index (χ4n) is 0.996. The minimum atomic E-state index is -0.503. The molecule has 0 aliphatic carbocycles. The first-order valence-corrected chi connectivity index (χ1v) is 6.34. The molecular formula is C6H10N2O2S3. The maximum Gasteiger partial charge on any atom is 0.244 e. The Bertz CT molecular complexity index is 224. The molecule has 74 valence electrons. The highest BCUT2D eigenvalue weighted by Crippen LogP contribution is 2.09. The van der Waals surface area contributed by atoms with Crippen LogP contribution in [0.1, 0.15) is 0 Å². The number of carbonyl (C=O) groups is 2. The molecule has 1 aliphatic rings. The highest BCUT2D eigenvalue weighted by atomic mass is 33.1. The first kappa shape index (κ1) is 11.1. The van der Waals surface area contributed by atoms with Crippen molar-refractivity contribution in [3.63, 3.8) is 0 Å². The molecule has 2 N–H and O–H groups in total. The molecule has 2 unspecified atom stereocenters. The molecule has 1 aliphatic heterocycles. The van der Waals surface area contributed by atoms with Crippen LogP contribution in [0, 0.1) is 0 Å². The second-order valence-corrected chi connectivity index (χ2v) is 4.33. The standard InChI is InChI=1S/C6H10N2O2S3/c9-5-3(1-11)7-6(10)4(8-5)2-13-12/h3-4,11-12H,1-2H2,(H,7,10)(H,8,9). The Kier molecular flexibility index (Phi) is 4.27. The molecule has 0 aromatic carbocycles. The third-order valence-corrected chi connectivity index (χ3v) is 2.98. The lowest BCUT2D eigenvalue weighted by atomic mass is 10.2. The molecule has 13 heavy (non-hydrogen) atoms. The highest BCUT2D eigenvalue weighted by Gasteiger charge is 2.32. The van der Waals surface area contributed by atoms with E-state index in [1.165, 1.54) is 10.8 Å². The van der Waals surface area contributed by atoms with E-state index in [0.29, 0.717) is 11.5 Å². The van der Waals surface area contributed by atoms with E-state index < -0.39 is 12.1 Å². The highest BCUT2D eigenvalue weighted by molar-refractivity contribution is 8.68. The lowest BCUT2D eigenvalue weighted by Crippen LogP contribution is -2.63. The lowest BCUT2D eigenvalue weighted by molar-refractivity contribution is -0.135. The van der Waals surface area contributed by atoms with Crippen molar-refractivity contribution in [2.75, 3.05) is 11.5 Å². The Labute approximate surface area is 90.8 Å². The van der Waals surface area contributed by atoms with E-state index in [9.17, 15) is 9.59 Å². The first-order valence-electron chi connectivity index (χ1n) is 3.67. The largest absolute Gasteiger partial charge is 0.342 e. The number of amides is 2. The number of nitrogens with one attached hydrogen (secondary N) is 2. The van der Waals surface area contributed by atoms with Crippen LogP contribution in [0.15, 0.2) is 0 Å². The van der Waals surface area contributed by atoms with Crippen LogP contribution in [0.2, 0.25) is 0 Å².